The molecule has 5 heteroatoms. The number of rotatable bonds is 3. The summed E-state index contributed by atoms with van der Waals surface area (Å²) in [5.74, 6) is 0.508. The van der Waals surface area contributed by atoms with E-state index in [2.05, 4.69) is 0 Å². The fraction of sp³-hybridized carbons (Fsp3) is 0.385. The average molecular weight is 267 g/mol. The second-order valence-electron chi connectivity index (χ2n) is 4.75. The highest BCUT2D eigenvalue weighted by atomic mass is 32.2. The van der Waals surface area contributed by atoms with Crippen molar-refractivity contribution in [3.8, 4) is 0 Å². The van der Waals surface area contributed by atoms with Gasteiger partial charge in [0.2, 0.25) is 0 Å². The smallest absolute Gasteiger partial charge is 0.152 e. The molecular formula is C13H17NO3S. The maximum atomic E-state index is 11.5. The van der Waals surface area contributed by atoms with Crippen molar-refractivity contribution in [3.63, 3.8) is 0 Å². The molecule has 0 saturated carbocycles. The van der Waals surface area contributed by atoms with Crippen molar-refractivity contribution in [1.82, 2.24) is 0 Å². The number of hydrogen-bond donors (Lipinski definition) is 1. The predicted octanol–water partition coefficient (Wildman–Crippen LogP) is 2.17. The van der Waals surface area contributed by atoms with Crippen LogP contribution in [0.1, 0.15) is 24.3 Å². The summed E-state index contributed by atoms with van der Waals surface area (Å²) in [6.45, 7) is 3.59. The van der Waals surface area contributed by atoms with E-state index in [1.807, 2.05) is 31.2 Å². The Balaban J connectivity index is 2.42. The van der Waals surface area contributed by atoms with Crippen molar-refractivity contribution in [3.05, 3.63) is 35.6 Å². The van der Waals surface area contributed by atoms with Gasteiger partial charge in [-0.2, -0.15) is 0 Å². The van der Waals surface area contributed by atoms with E-state index in [1.54, 1.807) is 6.92 Å². The molecule has 0 saturated heterocycles. The van der Waals surface area contributed by atoms with Crippen LogP contribution < -0.4 is 5.73 Å². The number of nitrogens with two attached hydrogens (primary N) is 1. The number of sulfone groups is 1. The zero-order valence-corrected chi connectivity index (χ0v) is 11.5. The van der Waals surface area contributed by atoms with Crippen LogP contribution in [-0.2, 0) is 9.84 Å². The Kier molecular flexibility index (Phi) is 3.21. The number of fused-ring (bicyclic) bond motifs is 1. The highest BCUT2D eigenvalue weighted by molar-refractivity contribution is 7.91. The van der Waals surface area contributed by atoms with Crippen LogP contribution in [0.3, 0.4) is 0 Å². The molecule has 18 heavy (non-hydrogen) atoms. The first-order valence-corrected chi connectivity index (χ1v) is 7.69. The average Bonchev–Trinajstić information content (AvgIpc) is 2.68. The molecule has 0 spiro atoms. The van der Waals surface area contributed by atoms with Crippen LogP contribution in [0.25, 0.3) is 11.0 Å². The van der Waals surface area contributed by atoms with Crippen LogP contribution in [0.5, 0.6) is 0 Å². The molecule has 4 nitrogen and oxygen atoms in total. The van der Waals surface area contributed by atoms with E-state index in [1.165, 1.54) is 6.26 Å². The molecule has 0 aliphatic carbocycles. The lowest BCUT2D eigenvalue weighted by atomic mass is 10.1. The number of hydrogen-bond acceptors (Lipinski definition) is 4. The molecule has 2 rings (SSSR count). The molecule has 0 amide bonds. The van der Waals surface area contributed by atoms with E-state index >= 15 is 0 Å². The van der Waals surface area contributed by atoms with Gasteiger partial charge in [-0.25, -0.2) is 8.42 Å². The molecule has 1 aromatic heterocycles. The molecule has 0 radical (unpaired) electrons. The Morgan fingerprint density at radius 2 is 1.94 bits per heavy atom. The molecule has 0 bridgehead atoms. The third-order valence-corrected chi connectivity index (χ3v) is 4.84. The number of aryl methyl sites for hydroxylation is 1. The van der Waals surface area contributed by atoms with Gasteiger partial charge in [0.15, 0.2) is 9.84 Å². The second kappa shape index (κ2) is 4.40. The first kappa shape index (κ1) is 13.1. The van der Waals surface area contributed by atoms with E-state index in [0.717, 1.165) is 16.5 Å². The van der Waals surface area contributed by atoms with Gasteiger partial charge < -0.3 is 10.2 Å². The van der Waals surface area contributed by atoms with Crippen LogP contribution in [0, 0.1) is 6.92 Å². The van der Waals surface area contributed by atoms with Crippen LogP contribution in [-0.4, -0.2) is 19.9 Å². The molecule has 2 unspecified atom stereocenters. The summed E-state index contributed by atoms with van der Waals surface area (Å²) in [6, 6.07) is 6.97. The van der Waals surface area contributed by atoms with Gasteiger partial charge in [-0.15, -0.1) is 0 Å². The first-order valence-electron chi connectivity index (χ1n) is 5.73. The molecule has 0 aliphatic rings. The summed E-state index contributed by atoms with van der Waals surface area (Å²) < 4.78 is 28.6. The predicted molar refractivity (Wildman–Crippen MR) is 72.2 cm³/mol. The largest absolute Gasteiger partial charge is 0.459 e. The molecule has 98 valence electrons. The molecule has 1 aromatic carbocycles. The summed E-state index contributed by atoms with van der Waals surface area (Å²) in [5, 5.41) is 0.278. The number of furan rings is 1. The van der Waals surface area contributed by atoms with E-state index in [9.17, 15) is 8.42 Å². The topological polar surface area (TPSA) is 73.3 Å². The van der Waals surface area contributed by atoms with Gasteiger partial charge in [0.25, 0.3) is 0 Å². The van der Waals surface area contributed by atoms with Crippen molar-refractivity contribution in [2.24, 2.45) is 5.73 Å². The van der Waals surface area contributed by atoms with Crippen LogP contribution in [0.4, 0.5) is 0 Å². The van der Waals surface area contributed by atoms with Gasteiger partial charge in [-0.3, -0.25) is 0 Å². The lowest BCUT2D eigenvalue weighted by Gasteiger charge is -2.15. The second-order valence-corrected chi connectivity index (χ2v) is 7.15. The maximum Gasteiger partial charge on any atom is 0.152 e. The van der Waals surface area contributed by atoms with Crippen molar-refractivity contribution >= 4 is 20.8 Å². The van der Waals surface area contributed by atoms with Gasteiger partial charge >= 0.3 is 0 Å². The van der Waals surface area contributed by atoms with Gasteiger partial charge in [0.1, 0.15) is 11.3 Å². The summed E-state index contributed by atoms with van der Waals surface area (Å²) in [7, 11) is -3.18. The van der Waals surface area contributed by atoms with E-state index in [4.69, 9.17) is 10.2 Å². The summed E-state index contributed by atoms with van der Waals surface area (Å²) in [4.78, 5) is 0. The summed E-state index contributed by atoms with van der Waals surface area (Å²) in [6.07, 6.45) is 1.18. The van der Waals surface area contributed by atoms with Gasteiger partial charge in [-0.1, -0.05) is 11.6 Å². The summed E-state index contributed by atoms with van der Waals surface area (Å²) >= 11 is 0. The first-order chi connectivity index (χ1) is 8.29. The van der Waals surface area contributed by atoms with Crippen LogP contribution in [0.2, 0.25) is 0 Å². The molecule has 0 aliphatic heterocycles. The van der Waals surface area contributed by atoms with Crippen LogP contribution in [0.15, 0.2) is 28.7 Å². The Bertz CT molecular complexity index is 673. The van der Waals surface area contributed by atoms with Gasteiger partial charge in [0.05, 0.1) is 11.3 Å². The molecular weight excluding hydrogens is 250 g/mol. The molecule has 0 fully saturated rings. The Morgan fingerprint density at radius 1 is 1.28 bits per heavy atom. The molecule has 2 N–H and O–H groups in total. The maximum absolute atomic E-state index is 11.5. The minimum absolute atomic E-state index is 0.508. The lowest BCUT2D eigenvalue weighted by molar-refractivity contribution is 0.481. The fourth-order valence-corrected chi connectivity index (χ4v) is 2.51. The molecule has 1 heterocycles. The molecule has 2 aromatic rings. The minimum Gasteiger partial charge on any atom is -0.459 e. The fourth-order valence-electron chi connectivity index (χ4n) is 1.85. The third-order valence-electron chi connectivity index (χ3n) is 3.20. The van der Waals surface area contributed by atoms with Gasteiger partial charge in [-0.05, 0) is 32.0 Å². The van der Waals surface area contributed by atoms with Crippen LogP contribution >= 0.6 is 0 Å². The SMILES string of the molecule is Cc1ccc2oc(C(N)C(C)S(C)(=O)=O)cc2c1. The third kappa shape index (κ3) is 2.42. The van der Waals surface area contributed by atoms with Crippen molar-refractivity contribution in [2.45, 2.75) is 25.1 Å². The Labute approximate surface area is 107 Å². The highest BCUT2D eigenvalue weighted by Crippen LogP contribution is 2.27. The van der Waals surface area contributed by atoms with Crippen molar-refractivity contribution < 1.29 is 12.8 Å². The van der Waals surface area contributed by atoms with Crippen molar-refractivity contribution in [1.29, 1.82) is 0 Å². The summed E-state index contributed by atoms with van der Waals surface area (Å²) in [5.41, 5.74) is 7.81. The Morgan fingerprint density at radius 3 is 2.56 bits per heavy atom. The van der Waals surface area contributed by atoms with E-state index in [-0.39, 0.29) is 0 Å². The quantitative estimate of drug-likeness (QED) is 0.925. The standard InChI is InChI=1S/C13H17NO3S/c1-8-4-5-11-10(6-8)7-12(17-11)13(14)9(2)18(3,15)16/h4-7,9,13H,14H2,1-3H3. The van der Waals surface area contributed by atoms with Crippen molar-refractivity contribution in [2.75, 3.05) is 6.26 Å². The normalized spacial score (nSPS) is 15.8. The monoisotopic (exact) mass is 267 g/mol. The highest BCUT2D eigenvalue weighted by Gasteiger charge is 2.26. The zero-order valence-electron chi connectivity index (χ0n) is 10.7. The lowest BCUT2D eigenvalue weighted by Crippen LogP contribution is -2.30. The van der Waals surface area contributed by atoms with E-state index in [0.29, 0.717) is 5.76 Å². The number of benzene rings is 1. The molecule has 2 atom stereocenters. The minimum atomic E-state index is -3.18. The van der Waals surface area contributed by atoms with E-state index < -0.39 is 21.1 Å². The Hall–Kier alpha value is -1.33. The zero-order chi connectivity index (χ0) is 13.5. The van der Waals surface area contributed by atoms with Gasteiger partial charge in [0, 0.05) is 11.6 Å².